The molecule has 26 heavy (non-hydrogen) atoms. The first-order valence-corrected chi connectivity index (χ1v) is 8.92. The number of hydrogen-bond acceptors (Lipinski definition) is 5. The number of rotatable bonds is 6. The fourth-order valence-electron chi connectivity index (χ4n) is 3.36. The van der Waals surface area contributed by atoms with Gasteiger partial charge in [0.15, 0.2) is 0 Å². The van der Waals surface area contributed by atoms with Crippen LogP contribution in [0.15, 0.2) is 61.3 Å². The average molecular weight is 346 g/mol. The molecule has 132 valence electrons. The van der Waals surface area contributed by atoms with Crippen molar-refractivity contribution in [3.63, 3.8) is 0 Å². The van der Waals surface area contributed by atoms with E-state index in [1.54, 1.807) is 12.4 Å². The van der Waals surface area contributed by atoms with Crippen molar-refractivity contribution in [3.8, 4) is 0 Å². The highest BCUT2D eigenvalue weighted by atomic mass is 16.5. The zero-order valence-electron chi connectivity index (χ0n) is 14.7. The van der Waals surface area contributed by atoms with Gasteiger partial charge in [-0.2, -0.15) is 0 Å². The molecule has 3 aromatic heterocycles. The van der Waals surface area contributed by atoms with Gasteiger partial charge in [-0.05, 0) is 52.9 Å². The van der Waals surface area contributed by atoms with Crippen LogP contribution in [0.4, 0.5) is 0 Å². The summed E-state index contributed by atoms with van der Waals surface area (Å²) >= 11 is 0. The van der Waals surface area contributed by atoms with Gasteiger partial charge < -0.3 is 4.74 Å². The monoisotopic (exact) mass is 346 g/mol. The van der Waals surface area contributed by atoms with Gasteiger partial charge in [-0.25, -0.2) is 0 Å². The van der Waals surface area contributed by atoms with Crippen molar-refractivity contribution in [2.75, 3.05) is 6.54 Å². The zero-order valence-corrected chi connectivity index (χ0v) is 14.7. The lowest BCUT2D eigenvalue weighted by atomic mass is 9.97. The molecule has 0 aliphatic carbocycles. The van der Waals surface area contributed by atoms with Crippen molar-refractivity contribution in [3.05, 3.63) is 89.3 Å². The van der Waals surface area contributed by atoms with E-state index in [4.69, 9.17) is 4.74 Å². The lowest BCUT2D eigenvalue weighted by Crippen LogP contribution is -2.31. The van der Waals surface area contributed by atoms with Crippen LogP contribution in [0, 0.1) is 0 Å². The average Bonchev–Trinajstić information content (AvgIpc) is 2.70. The van der Waals surface area contributed by atoms with E-state index >= 15 is 0 Å². The Hall–Kier alpha value is -2.63. The molecule has 4 rings (SSSR count). The van der Waals surface area contributed by atoms with Crippen LogP contribution in [0.5, 0.6) is 0 Å². The van der Waals surface area contributed by atoms with Gasteiger partial charge in [0.05, 0.1) is 18.9 Å². The number of ether oxygens (including phenoxy) is 1. The van der Waals surface area contributed by atoms with E-state index < -0.39 is 0 Å². The van der Waals surface area contributed by atoms with Crippen LogP contribution in [-0.2, 0) is 37.5 Å². The molecule has 0 radical (unpaired) electrons. The van der Waals surface area contributed by atoms with E-state index in [0.29, 0.717) is 13.2 Å². The lowest BCUT2D eigenvalue weighted by Gasteiger charge is -2.29. The smallest absolute Gasteiger partial charge is 0.0739 e. The Kier molecular flexibility index (Phi) is 5.28. The first kappa shape index (κ1) is 16.8. The molecule has 1 aliphatic rings. The molecule has 0 atom stereocenters. The van der Waals surface area contributed by atoms with Crippen molar-refractivity contribution in [2.45, 2.75) is 32.7 Å². The van der Waals surface area contributed by atoms with E-state index in [9.17, 15) is 0 Å². The van der Waals surface area contributed by atoms with Crippen molar-refractivity contribution >= 4 is 0 Å². The van der Waals surface area contributed by atoms with Crippen LogP contribution in [-0.4, -0.2) is 26.4 Å². The first-order chi connectivity index (χ1) is 12.9. The molecule has 4 heterocycles. The largest absolute Gasteiger partial charge is 0.372 e. The van der Waals surface area contributed by atoms with Gasteiger partial charge in [-0.1, -0.05) is 6.07 Å². The Labute approximate surface area is 153 Å². The summed E-state index contributed by atoms with van der Waals surface area (Å²) in [6.07, 6.45) is 10.4. The molecule has 0 bridgehead atoms. The van der Waals surface area contributed by atoms with Crippen molar-refractivity contribution < 1.29 is 4.74 Å². The second-order valence-electron chi connectivity index (χ2n) is 6.57. The second-order valence-corrected chi connectivity index (χ2v) is 6.57. The molecule has 0 spiro atoms. The summed E-state index contributed by atoms with van der Waals surface area (Å²) in [7, 11) is 0. The molecular weight excluding hydrogens is 324 g/mol. The Morgan fingerprint density at radius 3 is 2.73 bits per heavy atom. The van der Waals surface area contributed by atoms with Gasteiger partial charge in [0, 0.05) is 50.6 Å². The van der Waals surface area contributed by atoms with Gasteiger partial charge in [-0.15, -0.1) is 0 Å². The molecule has 0 saturated heterocycles. The minimum atomic E-state index is 0.595. The molecule has 0 aromatic carbocycles. The summed E-state index contributed by atoms with van der Waals surface area (Å²) < 4.78 is 5.90. The van der Waals surface area contributed by atoms with Gasteiger partial charge in [-0.3, -0.25) is 19.9 Å². The van der Waals surface area contributed by atoms with Gasteiger partial charge in [0.1, 0.15) is 0 Å². The molecule has 0 unspecified atom stereocenters. The highest BCUT2D eigenvalue weighted by molar-refractivity contribution is 5.33. The fraction of sp³-hybridized carbons (Fsp3) is 0.286. The Morgan fingerprint density at radius 1 is 0.962 bits per heavy atom. The van der Waals surface area contributed by atoms with E-state index in [0.717, 1.165) is 37.3 Å². The van der Waals surface area contributed by atoms with Gasteiger partial charge in [0.2, 0.25) is 0 Å². The predicted octanol–water partition coefficient (Wildman–Crippen LogP) is 3.15. The predicted molar refractivity (Wildman–Crippen MR) is 99.0 cm³/mol. The fourth-order valence-corrected chi connectivity index (χ4v) is 3.36. The molecule has 0 amide bonds. The molecule has 0 N–H and O–H groups in total. The van der Waals surface area contributed by atoms with Crippen molar-refractivity contribution in [1.29, 1.82) is 0 Å². The van der Waals surface area contributed by atoms with Gasteiger partial charge in [0.25, 0.3) is 0 Å². The van der Waals surface area contributed by atoms with Crippen molar-refractivity contribution in [2.24, 2.45) is 0 Å². The third kappa shape index (κ3) is 4.12. The van der Waals surface area contributed by atoms with Crippen LogP contribution < -0.4 is 0 Å². The summed E-state index contributed by atoms with van der Waals surface area (Å²) in [5, 5.41) is 0. The summed E-state index contributed by atoms with van der Waals surface area (Å²) in [5.74, 6) is 0. The van der Waals surface area contributed by atoms with E-state index in [1.807, 2.05) is 42.9 Å². The zero-order chi connectivity index (χ0) is 17.6. The molecule has 5 heteroatoms. The third-order valence-electron chi connectivity index (χ3n) is 4.70. The van der Waals surface area contributed by atoms with Crippen LogP contribution in [0.25, 0.3) is 0 Å². The highest BCUT2D eigenvalue weighted by Gasteiger charge is 2.19. The second kappa shape index (κ2) is 8.17. The molecule has 1 aliphatic heterocycles. The molecule has 3 aromatic rings. The highest BCUT2D eigenvalue weighted by Crippen LogP contribution is 2.23. The van der Waals surface area contributed by atoms with Crippen LogP contribution in [0.1, 0.15) is 27.9 Å². The normalized spacial score (nSPS) is 14.2. The number of pyridine rings is 3. The summed E-state index contributed by atoms with van der Waals surface area (Å²) in [6.45, 7) is 4.02. The molecule has 0 saturated carbocycles. The maximum atomic E-state index is 5.90. The summed E-state index contributed by atoms with van der Waals surface area (Å²) in [6, 6.07) is 10.0. The maximum absolute atomic E-state index is 5.90. The Morgan fingerprint density at radius 2 is 1.88 bits per heavy atom. The minimum absolute atomic E-state index is 0.595. The third-order valence-corrected chi connectivity index (χ3v) is 4.70. The molecule has 5 nitrogen and oxygen atoms in total. The van der Waals surface area contributed by atoms with E-state index in [2.05, 4.69) is 25.9 Å². The van der Waals surface area contributed by atoms with Crippen LogP contribution in [0.3, 0.4) is 0 Å². The quantitative estimate of drug-likeness (QED) is 0.686. The van der Waals surface area contributed by atoms with Gasteiger partial charge >= 0.3 is 0 Å². The van der Waals surface area contributed by atoms with Crippen molar-refractivity contribution in [1.82, 2.24) is 19.9 Å². The number of nitrogens with zero attached hydrogens (tertiary/aromatic N) is 4. The summed E-state index contributed by atoms with van der Waals surface area (Å²) in [4.78, 5) is 15.3. The number of aromatic nitrogens is 3. The van der Waals surface area contributed by atoms with E-state index in [1.165, 1.54) is 16.7 Å². The van der Waals surface area contributed by atoms with Crippen LogP contribution in [0.2, 0.25) is 0 Å². The minimum Gasteiger partial charge on any atom is -0.372 e. The van der Waals surface area contributed by atoms with E-state index in [-0.39, 0.29) is 0 Å². The SMILES string of the molecule is c1ccc(CN2CCc3c(COCc4ccncc4)cncc3C2)nc1. The van der Waals surface area contributed by atoms with Crippen LogP contribution >= 0.6 is 0 Å². The first-order valence-electron chi connectivity index (χ1n) is 8.92. The number of hydrogen-bond donors (Lipinski definition) is 0. The topological polar surface area (TPSA) is 51.1 Å². The standard InChI is InChI=1S/C21H22N4O/c1-2-7-24-20(3-1)14-25-10-6-21-18(13-25)11-23-12-19(21)16-26-15-17-4-8-22-9-5-17/h1-5,7-9,11-12H,6,10,13-16H2. The number of fused-ring (bicyclic) bond motifs is 1. The summed E-state index contributed by atoms with van der Waals surface area (Å²) in [5.41, 5.74) is 6.15. The maximum Gasteiger partial charge on any atom is 0.0739 e. The molecular formula is C21H22N4O. The molecule has 0 fully saturated rings. The lowest BCUT2D eigenvalue weighted by molar-refractivity contribution is 0.105. The Bertz CT molecular complexity index is 825. The Balaban J connectivity index is 1.38.